The molecule has 2 aliphatic heterocycles. The molecule has 1 N–H and O–H groups in total. The van der Waals surface area contributed by atoms with E-state index in [9.17, 15) is 4.79 Å². The van der Waals surface area contributed by atoms with Crippen molar-refractivity contribution in [3.8, 4) is 0 Å². The van der Waals surface area contributed by atoms with E-state index in [-0.39, 0.29) is 5.91 Å². The summed E-state index contributed by atoms with van der Waals surface area (Å²) in [6.45, 7) is 0.500. The predicted molar refractivity (Wildman–Crippen MR) is 95.5 cm³/mol. The number of thioether (sulfide) groups is 1. The van der Waals surface area contributed by atoms with Gasteiger partial charge in [0.25, 0.3) is 0 Å². The van der Waals surface area contributed by atoms with Crippen LogP contribution in [0.4, 0.5) is 5.69 Å². The average Bonchev–Trinajstić information content (AvgIpc) is 3.22. The Bertz CT molecular complexity index is 842. The highest BCUT2D eigenvalue weighted by Crippen LogP contribution is 2.29. The van der Waals surface area contributed by atoms with E-state index in [0.29, 0.717) is 13.0 Å². The Morgan fingerprint density at radius 1 is 1.42 bits per heavy atom. The molecule has 0 aliphatic carbocycles. The monoisotopic (exact) mass is 340 g/mol. The maximum Gasteiger partial charge on any atom is 0.231 e. The normalized spacial score (nSPS) is 18.5. The van der Waals surface area contributed by atoms with E-state index in [0.717, 1.165) is 39.2 Å². The standard InChI is InChI=1S/C17H16N4O2S/c1-21-15-5-4-11(7-12(15)8-16(21)22)14-10-24-17(20-19-14)18-9-13-3-2-6-23-13/h2-7H,8-10H2,1H3,(H,18,20). The summed E-state index contributed by atoms with van der Waals surface area (Å²) >= 11 is 1.61. The summed E-state index contributed by atoms with van der Waals surface area (Å²) in [5.74, 6) is 1.70. The Labute approximate surface area is 143 Å². The number of amides is 1. The van der Waals surface area contributed by atoms with E-state index in [2.05, 4.69) is 21.6 Å². The van der Waals surface area contributed by atoms with Crippen LogP contribution in [0.3, 0.4) is 0 Å². The van der Waals surface area contributed by atoms with Crippen molar-refractivity contribution in [3.05, 3.63) is 53.5 Å². The van der Waals surface area contributed by atoms with Crippen molar-refractivity contribution in [1.29, 1.82) is 0 Å². The van der Waals surface area contributed by atoms with Crippen LogP contribution < -0.4 is 10.3 Å². The molecule has 2 aromatic rings. The first-order chi connectivity index (χ1) is 11.7. The summed E-state index contributed by atoms with van der Waals surface area (Å²) in [6, 6.07) is 9.81. The predicted octanol–water partition coefficient (Wildman–Crippen LogP) is 2.40. The minimum Gasteiger partial charge on any atom is -0.467 e. The van der Waals surface area contributed by atoms with Crippen molar-refractivity contribution in [3.63, 3.8) is 0 Å². The number of rotatable bonds is 3. The zero-order chi connectivity index (χ0) is 16.5. The Morgan fingerprint density at radius 3 is 3.08 bits per heavy atom. The molecule has 0 spiro atoms. The molecule has 0 radical (unpaired) electrons. The molecule has 2 aliphatic rings. The van der Waals surface area contributed by atoms with Crippen molar-refractivity contribution in [1.82, 2.24) is 5.43 Å². The molecule has 1 amide bonds. The fourth-order valence-electron chi connectivity index (χ4n) is 2.75. The van der Waals surface area contributed by atoms with Gasteiger partial charge < -0.3 is 9.32 Å². The number of fused-ring (bicyclic) bond motifs is 1. The molecule has 0 bridgehead atoms. The molecule has 0 saturated carbocycles. The van der Waals surface area contributed by atoms with E-state index in [1.54, 1.807) is 22.9 Å². The van der Waals surface area contributed by atoms with Crippen LogP contribution in [-0.2, 0) is 17.8 Å². The second-order valence-electron chi connectivity index (χ2n) is 5.63. The first-order valence-corrected chi connectivity index (χ1v) is 8.61. The number of aliphatic imine (C=N–C) groups is 1. The molecular formula is C17H16N4O2S. The number of furan rings is 1. The lowest BCUT2D eigenvalue weighted by molar-refractivity contribution is -0.117. The summed E-state index contributed by atoms with van der Waals surface area (Å²) in [7, 11) is 1.81. The van der Waals surface area contributed by atoms with Crippen LogP contribution in [0.5, 0.6) is 0 Å². The minimum absolute atomic E-state index is 0.132. The molecule has 1 aromatic heterocycles. The largest absolute Gasteiger partial charge is 0.467 e. The summed E-state index contributed by atoms with van der Waals surface area (Å²) in [5.41, 5.74) is 7.05. The zero-order valence-corrected chi connectivity index (χ0v) is 14.0. The van der Waals surface area contributed by atoms with Gasteiger partial charge in [-0.1, -0.05) is 17.8 Å². The van der Waals surface area contributed by atoms with E-state index in [1.165, 1.54) is 0 Å². The second-order valence-corrected chi connectivity index (χ2v) is 6.60. The quantitative estimate of drug-likeness (QED) is 0.931. The molecule has 122 valence electrons. The van der Waals surface area contributed by atoms with E-state index < -0.39 is 0 Å². The highest BCUT2D eigenvalue weighted by atomic mass is 32.2. The number of hydrogen-bond acceptors (Lipinski definition) is 5. The number of anilines is 1. The van der Waals surface area contributed by atoms with Gasteiger partial charge in [0, 0.05) is 18.5 Å². The van der Waals surface area contributed by atoms with Crippen LogP contribution in [0.25, 0.3) is 0 Å². The van der Waals surface area contributed by atoms with Crippen LogP contribution >= 0.6 is 11.8 Å². The van der Waals surface area contributed by atoms with Gasteiger partial charge in [-0.25, -0.2) is 0 Å². The maximum absolute atomic E-state index is 11.8. The SMILES string of the molecule is CN1C(=O)Cc2cc(C3=NNC(=NCc4ccco4)SC3)ccc21. The van der Waals surface area contributed by atoms with Gasteiger partial charge in [-0.3, -0.25) is 15.2 Å². The third-order valence-electron chi connectivity index (χ3n) is 4.08. The van der Waals surface area contributed by atoms with Gasteiger partial charge in [-0.2, -0.15) is 5.10 Å². The van der Waals surface area contributed by atoms with Gasteiger partial charge in [-0.15, -0.1) is 0 Å². The van der Waals surface area contributed by atoms with Crippen LogP contribution in [0.1, 0.15) is 16.9 Å². The number of nitrogens with one attached hydrogen (secondary N) is 1. The van der Waals surface area contributed by atoms with E-state index in [1.807, 2.05) is 31.3 Å². The molecule has 0 saturated heterocycles. The zero-order valence-electron chi connectivity index (χ0n) is 13.2. The fraction of sp³-hybridized carbons (Fsp3) is 0.235. The minimum atomic E-state index is 0.132. The summed E-state index contributed by atoms with van der Waals surface area (Å²) in [5, 5.41) is 5.21. The molecule has 4 rings (SSSR count). The smallest absolute Gasteiger partial charge is 0.231 e. The number of amidine groups is 1. The molecule has 7 heteroatoms. The van der Waals surface area contributed by atoms with Crippen LogP contribution in [0.15, 0.2) is 51.1 Å². The molecular weight excluding hydrogens is 324 g/mol. The van der Waals surface area contributed by atoms with Crippen molar-refractivity contribution in [2.45, 2.75) is 13.0 Å². The lowest BCUT2D eigenvalue weighted by Gasteiger charge is -2.16. The van der Waals surface area contributed by atoms with Crippen LogP contribution in [-0.4, -0.2) is 29.6 Å². The molecule has 0 atom stereocenters. The fourth-order valence-corrected chi connectivity index (χ4v) is 3.52. The third kappa shape index (κ3) is 2.82. The highest BCUT2D eigenvalue weighted by Gasteiger charge is 2.25. The number of likely N-dealkylation sites (N-methyl/N-ethyl adjacent to an activating group) is 1. The maximum atomic E-state index is 11.8. The van der Waals surface area contributed by atoms with Crippen molar-refractivity contribution in [2.75, 3.05) is 17.7 Å². The summed E-state index contributed by atoms with van der Waals surface area (Å²) in [6.07, 6.45) is 2.10. The molecule has 0 fully saturated rings. The Kier molecular flexibility index (Phi) is 3.86. The van der Waals surface area contributed by atoms with Gasteiger partial charge in [0.15, 0.2) is 5.17 Å². The van der Waals surface area contributed by atoms with Gasteiger partial charge in [-0.05, 0) is 35.4 Å². The average molecular weight is 340 g/mol. The molecule has 3 heterocycles. The van der Waals surface area contributed by atoms with E-state index in [4.69, 9.17) is 4.42 Å². The number of hydrazone groups is 1. The van der Waals surface area contributed by atoms with Crippen LogP contribution in [0, 0.1) is 0 Å². The Morgan fingerprint density at radius 2 is 2.33 bits per heavy atom. The first-order valence-electron chi connectivity index (χ1n) is 7.63. The van der Waals surface area contributed by atoms with Crippen LogP contribution in [0.2, 0.25) is 0 Å². The van der Waals surface area contributed by atoms with Gasteiger partial charge in [0.2, 0.25) is 5.91 Å². The van der Waals surface area contributed by atoms with Crippen molar-refractivity contribution in [2.24, 2.45) is 10.1 Å². The summed E-state index contributed by atoms with van der Waals surface area (Å²) < 4.78 is 5.26. The molecule has 6 nitrogen and oxygen atoms in total. The Balaban J connectivity index is 1.48. The van der Waals surface area contributed by atoms with Crippen molar-refractivity contribution < 1.29 is 9.21 Å². The number of carbonyl (C=O) groups is 1. The van der Waals surface area contributed by atoms with Gasteiger partial charge in [0.1, 0.15) is 5.76 Å². The lowest BCUT2D eigenvalue weighted by atomic mass is 10.1. The highest BCUT2D eigenvalue weighted by molar-refractivity contribution is 8.14. The number of benzene rings is 1. The Hall–Kier alpha value is -2.54. The van der Waals surface area contributed by atoms with Gasteiger partial charge in [0.05, 0.1) is 24.9 Å². The lowest BCUT2D eigenvalue weighted by Crippen LogP contribution is -2.25. The molecule has 24 heavy (non-hydrogen) atoms. The van der Waals surface area contributed by atoms with E-state index >= 15 is 0 Å². The van der Waals surface area contributed by atoms with Crippen molar-refractivity contribution >= 4 is 34.2 Å². The second kappa shape index (κ2) is 6.16. The number of nitrogens with zero attached hydrogens (tertiary/aromatic N) is 3. The topological polar surface area (TPSA) is 70.2 Å². The molecule has 0 unspecified atom stereocenters. The number of hydrogen-bond donors (Lipinski definition) is 1. The first kappa shape index (κ1) is 15.0. The number of carbonyl (C=O) groups excluding carboxylic acids is 1. The summed E-state index contributed by atoms with van der Waals surface area (Å²) in [4.78, 5) is 17.9. The molecule has 1 aromatic carbocycles. The van der Waals surface area contributed by atoms with Gasteiger partial charge >= 0.3 is 0 Å². The third-order valence-corrected chi connectivity index (χ3v) is 4.99.